The predicted octanol–water partition coefficient (Wildman–Crippen LogP) is 2.34. The molecule has 0 fully saturated rings. The van der Waals surface area contributed by atoms with E-state index in [1.807, 2.05) is 40.9 Å². The lowest BCUT2D eigenvalue weighted by molar-refractivity contribution is 0.0519. The fraction of sp³-hybridized carbons (Fsp3) is 0.833. The number of hydrogen-bond acceptors (Lipinski definition) is 7. The fourth-order valence-corrected chi connectivity index (χ4v) is 3.12. The van der Waals surface area contributed by atoms with Crippen LogP contribution in [0.3, 0.4) is 0 Å². The van der Waals surface area contributed by atoms with E-state index in [2.05, 4.69) is 28.1 Å². The van der Waals surface area contributed by atoms with Crippen molar-refractivity contribution in [1.29, 1.82) is 0 Å². The molecule has 1 rings (SSSR count). The highest BCUT2D eigenvalue weighted by molar-refractivity contribution is 7.99. The molecule has 116 valence electrons. The van der Waals surface area contributed by atoms with Crippen molar-refractivity contribution in [2.75, 3.05) is 12.8 Å². The first-order valence-electron chi connectivity index (χ1n) is 6.55. The van der Waals surface area contributed by atoms with Crippen molar-refractivity contribution >= 4 is 36.5 Å². The Balaban J connectivity index is 2.70. The van der Waals surface area contributed by atoms with Crippen molar-refractivity contribution in [3.8, 4) is 0 Å². The zero-order chi connectivity index (χ0) is 15.5. The summed E-state index contributed by atoms with van der Waals surface area (Å²) in [5.74, 6) is 0.785. The first-order valence-corrected chi connectivity index (χ1v) is 8.24. The number of hydrogen-bond donors (Lipinski definition) is 2. The molecule has 1 heterocycles. The second-order valence-corrected chi connectivity index (χ2v) is 6.80. The number of amides is 1. The Hall–Kier alpha value is -0.760. The Kier molecular flexibility index (Phi) is 5.88. The van der Waals surface area contributed by atoms with Gasteiger partial charge in [0.1, 0.15) is 5.60 Å². The molecule has 2 atom stereocenters. The molecule has 0 aromatic rings. The average Bonchev–Trinajstić information content (AvgIpc) is 2.62. The van der Waals surface area contributed by atoms with E-state index in [1.54, 1.807) is 16.2 Å². The van der Waals surface area contributed by atoms with Crippen LogP contribution in [0.4, 0.5) is 4.79 Å². The van der Waals surface area contributed by atoms with Gasteiger partial charge >= 0.3 is 6.09 Å². The fourth-order valence-electron chi connectivity index (χ4n) is 1.87. The zero-order valence-corrected chi connectivity index (χ0v) is 14.6. The van der Waals surface area contributed by atoms with Gasteiger partial charge in [-0.1, -0.05) is 0 Å². The Morgan fingerprint density at radius 1 is 1.60 bits per heavy atom. The van der Waals surface area contributed by atoms with Crippen LogP contribution in [0.1, 0.15) is 34.6 Å². The number of thioether (sulfide) groups is 1. The molecule has 0 radical (unpaired) electrons. The molecule has 0 saturated heterocycles. The highest BCUT2D eigenvalue weighted by Gasteiger charge is 2.34. The summed E-state index contributed by atoms with van der Waals surface area (Å²) in [4.78, 5) is 13.9. The Bertz CT molecular complexity index is 384. The summed E-state index contributed by atoms with van der Waals surface area (Å²) in [7, 11) is 0. The molecule has 0 aromatic heterocycles. The molecular weight excluding hydrogens is 296 g/mol. The number of likely N-dealkylation sites (N-methyl/N-ethyl adjacent to an activating group) is 1. The van der Waals surface area contributed by atoms with Gasteiger partial charge in [0.25, 0.3) is 0 Å². The molecule has 8 heteroatoms. The molecule has 0 bridgehead atoms. The molecule has 0 saturated carbocycles. The van der Waals surface area contributed by atoms with Crippen molar-refractivity contribution in [3.05, 3.63) is 0 Å². The standard InChI is InChI=1S/C12H24N4O2S2/c1-7-15-9(14-16(19)11(15)20-6)8(2)13-10(17)18-12(3,4)5/h8,11,19H,7H2,1-6H3,(H,13,17)/t8-,11?/m1/s1. The minimum atomic E-state index is -0.511. The Morgan fingerprint density at radius 3 is 2.65 bits per heavy atom. The summed E-state index contributed by atoms with van der Waals surface area (Å²) in [6.07, 6.45) is 1.56. The van der Waals surface area contributed by atoms with Gasteiger partial charge in [-0.25, -0.2) is 9.21 Å². The van der Waals surface area contributed by atoms with Crippen LogP contribution in [0, 0.1) is 0 Å². The van der Waals surface area contributed by atoms with Crippen LogP contribution in [-0.4, -0.2) is 51.2 Å². The minimum absolute atomic E-state index is 0.0428. The highest BCUT2D eigenvalue weighted by Crippen LogP contribution is 2.27. The maximum Gasteiger partial charge on any atom is 0.408 e. The SMILES string of the molecule is CCN1C([C@@H](C)NC(=O)OC(C)(C)C)=NN(S)C1SC. The number of hydrazone groups is 1. The first kappa shape index (κ1) is 17.3. The highest BCUT2D eigenvalue weighted by atomic mass is 32.2. The number of nitrogens with zero attached hydrogens (tertiary/aromatic N) is 3. The van der Waals surface area contributed by atoms with Crippen LogP contribution >= 0.6 is 24.6 Å². The lowest BCUT2D eigenvalue weighted by atomic mass is 10.2. The van der Waals surface area contributed by atoms with Crippen LogP contribution in [0.15, 0.2) is 5.10 Å². The maximum atomic E-state index is 11.8. The van der Waals surface area contributed by atoms with E-state index < -0.39 is 11.7 Å². The van der Waals surface area contributed by atoms with E-state index in [-0.39, 0.29) is 11.5 Å². The molecule has 0 spiro atoms. The van der Waals surface area contributed by atoms with Gasteiger partial charge in [0.05, 0.1) is 6.04 Å². The number of ether oxygens (including phenoxy) is 1. The summed E-state index contributed by atoms with van der Waals surface area (Å²) in [6.45, 7) is 10.2. The lowest BCUT2D eigenvalue weighted by Gasteiger charge is -2.29. The van der Waals surface area contributed by atoms with Crippen molar-refractivity contribution in [2.45, 2.75) is 51.8 Å². The second-order valence-electron chi connectivity index (χ2n) is 5.49. The maximum absolute atomic E-state index is 11.8. The summed E-state index contributed by atoms with van der Waals surface area (Å²) in [5, 5.41) is 7.20. The van der Waals surface area contributed by atoms with Gasteiger partial charge in [-0.05, 0) is 53.7 Å². The number of carbonyl (C=O) groups is 1. The summed E-state index contributed by atoms with van der Waals surface area (Å²) < 4.78 is 6.86. The quantitative estimate of drug-likeness (QED) is 0.779. The van der Waals surface area contributed by atoms with E-state index in [0.717, 1.165) is 12.4 Å². The van der Waals surface area contributed by atoms with E-state index in [0.29, 0.717) is 0 Å². The van der Waals surface area contributed by atoms with Gasteiger partial charge in [0, 0.05) is 6.54 Å². The van der Waals surface area contributed by atoms with Crippen LogP contribution in [0.25, 0.3) is 0 Å². The normalized spacial score (nSPS) is 20.8. The number of rotatable bonds is 4. The summed E-state index contributed by atoms with van der Waals surface area (Å²) in [6, 6.07) is -0.239. The third-order valence-electron chi connectivity index (χ3n) is 2.64. The number of amidine groups is 1. The lowest BCUT2D eigenvalue weighted by Crippen LogP contribution is -2.48. The number of nitrogens with one attached hydrogen (secondary N) is 1. The topological polar surface area (TPSA) is 57.2 Å². The third-order valence-corrected chi connectivity index (χ3v) is 3.98. The second kappa shape index (κ2) is 6.80. The van der Waals surface area contributed by atoms with Crippen LogP contribution < -0.4 is 5.32 Å². The van der Waals surface area contributed by atoms with Crippen LogP contribution in [-0.2, 0) is 4.74 Å². The predicted molar refractivity (Wildman–Crippen MR) is 86.8 cm³/mol. The van der Waals surface area contributed by atoms with Gasteiger partial charge in [0.15, 0.2) is 11.3 Å². The van der Waals surface area contributed by atoms with Crippen molar-refractivity contribution in [3.63, 3.8) is 0 Å². The van der Waals surface area contributed by atoms with Crippen LogP contribution in [0.5, 0.6) is 0 Å². The van der Waals surface area contributed by atoms with Gasteiger partial charge in [-0.3, -0.25) is 0 Å². The van der Waals surface area contributed by atoms with E-state index in [9.17, 15) is 4.79 Å². The molecule has 1 amide bonds. The molecule has 20 heavy (non-hydrogen) atoms. The monoisotopic (exact) mass is 320 g/mol. The van der Waals surface area contributed by atoms with Gasteiger partial charge in [0.2, 0.25) is 0 Å². The molecular formula is C12H24N4O2S2. The molecule has 0 aliphatic carbocycles. The Morgan fingerprint density at radius 2 is 2.20 bits per heavy atom. The molecule has 1 N–H and O–H groups in total. The average molecular weight is 320 g/mol. The molecule has 1 unspecified atom stereocenters. The van der Waals surface area contributed by atoms with E-state index >= 15 is 0 Å². The van der Waals surface area contributed by atoms with Crippen molar-refractivity contribution in [1.82, 2.24) is 14.6 Å². The van der Waals surface area contributed by atoms with Gasteiger partial charge < -0.3 is 15.0 Å². The zero-order valence-electron chi connectivity index (χ0n) is 12.9. The van der Waals surface area contributed by atoms with Crippen molar-refractivity contribution in [2.24, 2.45) is 5.10 Å². The Labute approximate surface area is 130 Å². The van der Waals surface area contributed by atoms with E-state index in [4.69, 9.17) is 4.74 Å². The largest absolute Gasteiger partial charge is 0.444 e. The van der Waals surface area contributed by atoms with Gasteiger partial charge in [-0.2, -0.15) is 0 Å². The molecule has 0 aromatic carbocycles. The summed E-state index contributed by atoms with van der Waals surface area (Å²) in [5.41, 5.74) is -0.468. The number of alkyl carbamates (subject to hydrolysis) is 1. The summed E-state index contributed by atoms with van der Waals surface area (Å²) >= 11 is 5.97. The van der Waals surface area contributed by atoms with Crippen LogP contribution in [0.2, 0.25) is 0 Å². The number of thiol groups is 1. The minimum Gasteiger partial charge on any atom is -0.444 e. The molecule has 1 aliphatic rings. The first-order chi connectivity index (χ1) is 9.19. The van der Waals surface area contributed by atoms with Crippen molar-refractivity contribution < 1.29 is 9.53 Å². The third kappa shape index (κ3) is 4.37. The smallest absolute Gasteiger partial charge is 0.408 e. The van der Waals surface area contributed by atoms with Gasteiger partial charge in [-0.15, -0.1) is 16.9 Å². The molecule has 6 nitrogen and oxygen atoms in total. The molecule has 1 aliphatic heterocycles. The van der Waals surface area contributed by atoms with E-state index in [1.165, 1.54) is 0 Å². The number of carbonyl (C=O) groups excluding carboxylic acids is 1.